The van der Waals surface area contributed by atoms with Crippen LogP contribution in [0.1, 0.15) is 5.56 Å². The van der Waals surface area contributed by atoms with Crippen molar-refractivity contribution in [2.24, 2.45) is 5.10 Å². The number of rotatable bonds is 3. The maximum atomic E-state index is 5.89. The first-order chi connectivity index (χ1) is 9.33. The minimum absolute atomic E-state index is 0.570. The molecule has 1 aromatic carbocycles. The zero-order chi connectivity index (χ0) is 13.1. The SMILES string of the molecule is Clc1cccc(/C=N/Nc2ncnc3nc[nH]c23)c1. The van der Waals surface area contributed by atoms with Crippen molar-refractivity contribution in [3.05, 3.63) is 47.5 Å². The molecule has 0 bridgehead atoms. The van der Waals surface area contributed by atoms with Gasteiger partial charge in [-0.15, -0.1) is 0 Å². The van der Waals surface area contributed by atoms with Gasteiger partial charge in [-0.25, -0.2) is 15.0 Å². The van der Waals surface area contributed by atoms with Crippen LogP contribution in [0.3, 0.4) is 0 Å². The summed E-state index contributed by atoms with van der Waals surface area (Å²) in [5.74, 6) is 0.570. The number of hydrazone groups is 1. The van der Waals surface area contributed by atoms with Gasteiger partial charge in [0.25, 0.3) is 0 Å². The highest BCUT2D eigenvalue weighted by atomic mass is 35.5. The fourth-order valence-electron chi connectivity index (χ4n) is 1.60. The molecule has 19 heavy (non-hydrogen) atoms. The molecule has 6 nitrogen and oxygen atoms in total. The first-order valence-electron chi connectivity index (χ1n) is 5.51. The van der Waals surface area contributed by atoms with E-state index in [9.17, 15) is 0 Å². The molecule has 2 N–H and O–H groups in total. The van der Waals surface area contributed by atoms with Crippen LogP contribution >= 0.6 is 11.6 Å². The molecule has 94 valence electrons. The first kappa shape index (κ1) is 11.6. The average Bonchev–Trinajstić information content (AvgIpc) is 2.88. The predicted octanol–water partition coefficient (Wildman–Crippen LogP) is 2.45. The van der Waals surface area contributed by atoms with E-state index in [2.05, 4.69) is 30.5 Å². The van der Waals surface area contributed by atoms with Gasteiger partial charge in [0.05, 0.1) is 12.5 Å². The van der Waals surface area contributed by atoms with Gasteiger partial charge in [0, 0.05) is 5.02 Å². The number of fused-ring (bicyclic) bond motifs is 1. The average molecular weight is 273 g/mol. The molecule has 0 spiro atoms. The molecule has 0 aliphatic heterocycles. The number of nitrogens with one attached hydrogen (secondary N) is 2. The lowest BCUT2D eigenvalue weighted by Gasteiger charge is -1.99. The van der Waals surface area contributed by atoms with Gasteiger partial charge in [0.2, 0.25) is 0 Å². The molecule has 0 atom stereocenters. The maximum Gasteiger partial charge on any atom is 0.182 e. The van der Waals surface area contributed by atoms with Crippen LogP contribution in [0.5, 0.6) is 0 Å². The second-order valence-corrected chi connectivity index (χ2v) is 4.18. The fourth-order valence-corrected chi connectivity index (χ4v) is 1.80. The number of hydrogen-bond donors (Lipinski definition) is 2. The number of aromatic nitrogens is 4. The highest BCUT2D eigenvalue weighted by Crippen LogP contribution is 2.14. The van der Waals surface area contributed by atoms with Crippen molar-refractivity contribution >= 4 is 34.8 Å². The Morgan fingerprint density at radius 2 is 2.21 bits per heavy atom. The Morgan fingerprint density at radius 3 is 3.11 bits per heavy atom. The van der Waals surface area contributed by atoms with E-state index in [-0.39, 0.29) is 0 Å². The lowest BCUT2D eigenvalue weighted by molar-refractivity contribution is 1.17. The molecule has 0 unspecified atom stereocenters. The summed E-state index contributed by atoms with van der Waals surface area (Å²) < 4.78 is 0. The summed E-state index contributed by atoms with van der Waals surface area (Å²) in [6, 6.07) is 7.40. The van der Waals surface area contributed by atoms with Crippen LogP contribution in [-0.2, 0) is 0 Å². The summed E-state index contributed by atoms with van der Waals surface area (Å²) in [6.45, 7) is 0. The van der Waals surface area contributed by atoms with Crippen LogP contribution in [0.25, 0.3) is 11.2 Å². The zero-order valence-electron chi connectivity index (χ0n) is 9.71. The molecular weight excluding hydrogens is 264 g/mol. The van der Waals surface area contributed by atoms with Crippen molar-refractivity contribution in [1.29, 1.82) is 0 Å². The third-order valence-electron chi connectivity index (χ3n) is 2.46. The second-order valence-electron chi connectivity index (χ2n) is 3.75. The van der Waals surface area contributed by atoms with Gasteiger partial charge in [-0.1, -0.05) is 23.7 Å². The molecular formula is C12H9ClN6. The number of anilines is 1. The maximum absolute atomic E-state index is 5.89. The minimum atomic E-state index is 0.570. The molecule has 7 heteroatoms. The van der Waals surface area contributed by atoms with Crippen molar-refractivity contribution in [2.45, 2.75) is 0 Å². The lowest BCUT2D eigenvalue weighted by atomic mass is 10.2. The van der Waals surface area contributed by atoms with Crippen molar-refractivity contribution in [3.63, 3.8) is 0 Å². The summed E-state index contributed by atoms with van der Waals surface area (Å²) in [5, 5.41) is 4.78. The molecule has 0 saturated heterocycles. The number of halogens is 1. The topological polar surface area (TPSA) is 78.8 Å². The van der Waals surface area contributed by atoms with E-state index in [4.69, 9.17) is 11.6 Å². The van der Waals surface area contributed by atoms with Crippen molar-refractivity contribution in [3.8, 4) is 0 Å². The Kier molecular flexibility index (Phi) is 3.07. The molecule has 0 aliphatic carbocycles. The monoisotopic (exact) mass is 272 g/mol. The molecule has 2 aromatic heterocycles. The van der Waals surface area contributed by atoms with Crippen LogP contribution in [0.15, 0.2) is 42.0 Å². The van der Waals surface area contributed by atoms with Gasteiger partial charge in [0.1, 0.15) is 11.8 Å². The molecule has 0 fully saturated rings. The van der Waals surface area contributed by atoms with E-state index in [0.717, 1.165) is 5.56 Å². The van der Waals surface area contributed by atoms with E-state index >= 15 is 0 Å². The Hall–Kier alpha value is -2.47. The Bertz CT molecular complexity index is 736. The third kappa shape index (κ3) is 2.53. The van der Waals surface area contributed by atoms with E-state index in [0.29, 0.717) is 22.0 Å². The number of imidazole rings is 1. The van der Waals surface area contributed by atoms with E-state index in [1.165, 1.54) is 6.33 Å². The predicted molar refractivity (Wildman–Crippen MR) is 74.4 cm³/mol. The molecule has 0 saturated carbocycles. The Morgan fingerprint density at radius 1 is 1.26 bits per heavy atom. The lowest BCUT2D eigenvalue weighted by Crippen LogP contribution is -1.95. The van der Waals surface area contributed by atoms with Gasteiger partial charge >= 0.3 is 0 Å². The van der Waals surface area contributed by atoms with Gasteiger partial charge < -0.3 is 4.98 Å². The normalized spacial score (nSPS) is 11.2. The smallest absolute Gasteiger partial charge is 0.182 e. The summed E-state index contributed by atoms with van der Waals surface area (Å²) in [4.78, 5) is 15.1. The van der Waals surface area contributed by atoms with Crippen LogP contribution in [0, 0.1) is 0 Å². The van der Waals surface area contributed by atoms with Gasteiger partial charge in [-0.2, -0.15) is 5.10 Å². The van der Waals surface area contributed by atoms with E-state index in [1.54, 1.807) is 12.5 Å². The highest BCUT2D eigenvalue weighted by molar-refractivity contribution is 6.30. The Labute approximate surface area is 113 Å². The molecule has 0 amide bonds. The van der Waals surface area contributed by atoms with E-state index in [1.807, 2.05) is 24.3 Å². The number of benzene rings is 1. The largest absolute Gasteiger partial charge is 0.340 e. The van der Waals surface area contributed by atoms with Crippen LogP contribution in [0.2, 0.25) is 5.02 Å². The minimum Gasteiger partial charge on any atom is -0.340 e. The number of aromatic amines is 1. The highest BCUT2D eigenvalue weighted by Gasteiger charge is 2.03. The molecule has 3 aromatic rings. The summed E-state index contributed by atoms with van der Waals surface area (Å²) >= 11 is 5.89. The van der Waals surface area contributed by atoms with Gasteiger partial charge in [-0.3, -0.25) is 5.43 Å². The van der Waals surface area contributed by atoms with Crippen molar-refractivity contribution in [2.75, 3.05) is 5.43 Å². The van der Waals surface area contributed by atoms with Crippen LogP contribution in [-0.4, -0.2) is 26.2 Å². The number of H-pyrrole nitrogens is 1. The quantitative estimate of drug-likeness (QED) is 0.567. The summed E-state index contributed by atoms with van der Waals surface area (Å²) in [7, 11) is 0. The summed E-state index contributed by atoms with van der Waals surface area (Å²) in [6.07, 6.45) is 4.65. The molecule has 0 aliphatic rings. The molecule has 3 rings (SSSR count). The number of hydrogen-bond acceptors (Lipinski definition) is 5. The second kappa shape index (κ2) is 5.03. The zero-order valence-corrected chi connectivity index (χ0v) is 10.5. The standard InChI is InChI=1S/C12H9ClN6/c13-9-3-1-2-8(4-9)5-18-19-12-10-11(15-6-14-10)16-7-17-12/h1-7H,(H2,14,15,16,17,19)/b18-5+. The van der Waals surface area contributed by atoms with Crippen molar-refractivity contribution < 1.29 is 0 Å². The van der Waals surface area contributed by atoms with Gasteiger partial charge in [-0.05, 0) is 17.7 Å². The molecule has 0 radical (unpaired) electrons. The van der Waals surface area contributed by atoms with E-state index < -0.39 is 0 Å². The summed E-state index contributed by atoms with van der Waals surface area (Å²) in [5.41, 5.74) is 5.05. The fraction of sp³-hybridized carbons (Fsp3) is 0. The Balaban J connectivity index is 1.81. The first-order valence-corrected chi connectivity index (χ1v) is 5.89. The molecule has 2 heterocycles. The van der Waals surface area contributed by atoms with Gasteiger partial charge in [0.15, 0.2) is 11.5 Å². The third-order valence-corrected chi connectivity index (χ3v) is 2.69. The number of nitrogens with zero attached hydrogens (tertiary/aromatic N) is 4. The van der Waals surface area contributed by atoms with Crippen molar-refractivity contribution in [1.82, 2.24) is 19.9 Å². The van der Waals surface area contributed by atoms with Crippen LogP contribution < -0.4 is 5.43 Å². The van der Waals surface area contributed by atoms with Crippen LogP contribution in [0.4, 0.5) is 5.82 Å².